The summed E-state index contributed by atoms with van der Waals surface area (Å²) in [4.78, 5) is 22.1. The molecule has 0 bridgehead atoms. The highest BCUT2D eigenvalue weighted by molar-refractivity contribution is 7.13. The molecule has 158 valence electrons. The number of halogens is 2. The Kier molecular flexibility index (Phi) is 9.86. The van der Waals surface area contributed by atoms with Gasteiger partial charge in [-0.25, -0.2) is 0 Å². The van der Waals surface area contributed by atoms with E-state index < -0.39 is 6.04 Å². The second-order valence-corrected chi connectivity index (χ2v) is 8.15. The SMILES string of the molecule is CC(C)C[C@H](N)C(=O)N1CCN(C(C)c2nc(-c3cccs3)no2)CC1.Cl.Cl. The average Bonchev–Trinajstić information content (AvgIpc) is 3.31. The first-order valence-electron chi connectivity index (χ1n) is 9.11. The van der Waals surface area contributed by atoms with Crippen molar-refractivity contribution in [3.63, 3.8) is 0 Å². The molecule has 1 saturated heterocycles. The van der Waals surface area contributed by atoms with Crippen molar-refractivity contribution in [3.05, 3.63) is 23.4 Å². The second kappa shape index (κ2) is 11.1. The minimum atomic E-state index is -0.400. The van der Waals surface area contributed by atoms with Gasteiger partial charge in [0.25, 0.3) is 0 Å². The molecule has 0 aromatic carbocycles. The summed E-state index contributed by atoms with van der Waals surface area (Å²) >= 11 is 1.59. The summed E-state index contributed by atoms with van der Waals surface area (Å²) in [5.74, 6) is 1.73. The zero-order valence-electron chi connectivity index (χ0n) is 16.4. The van der Waals surface area contributed by atoms with E-state index in [0.29, 0.717) is 30.7 Å². The monoisotopic (exact) mass is 449 g/mol. The van der Waals surface area contributed by atoms with Gasteiger partial charge < -0.3 is 15.2 Å². The number of carbonyl (C=O) groups is 1. The Morgan fingerprint density at radius 1 is 1.25 bits per heavy atom. The highest BCUT2D eigenvalue weighted by atomic mass is 35.5. The van der Waals surface area contributed by atoms with E-state index in [-0.39, 0.29) is 36.8 Å². The van der Waals surface area contributed by atoms with Gasteiger partial charge in [-0.3, -0.25) is 9.69 Å². The van der Waals surface area contributed by atoms with Crippen LogP contribution in [0.5, 0.6) is 0 Å². The van der Waals surface area contributed by atoms with Crippen LogP contribution in [0.15, 0.2) is 22.0 Å². The summed E-state index contributed by atoms with van der Waals surface area (Å²) in [5, 5.41) is 6.08. The largest absolute Gasteiger partial charge is 0.339 e. The maximum absolute atomic E-state index is 12.5. The number of thiophene rings is 1. The van der Waals surface area contributed by atoms with E-state index in [4.69, 9.17) is 10.3 Å². The van der Waals surface area contributed by atoms with Crippen LogP contribution in [-0.4, -0.2) is 58.1 Å². The average molecular weight is 450 g/mol. The van der Waals surface area contributed by atoms with Crippen molar-refractivity contribution >= 4 is 42.1 Å². The Bertz CT molecular complexity index is 717. The highest BCUT2D eigenvalue weighted by Crippen LogP contribution is 2.26. The van der Waals surface area contributed by atoms with E-state index >= 15 is 0 Å². The molecule has 0 spiro atoms. The quantitative estimate of drug-likeness (QED) is 0.727. The molecule has 1 fully saturated rings. The van der Waals surface area contributed by atoms with Gasteiger partial charge in [-0.2, -0.15) is 4.98 Å². The lowest BCUT2D eigenvalue weighted by Gasteiger charge is -2.37. The van der Waals surface area contributed by atoms with E-state index in [0.717, 1.165) is 24.4 Å². The van der Waals surface area contributed by atoms with Crippen LogP contribution in [0, 0.1) is 5.92 Å². The van der Waals surface area contributed by atoms with Crippen molar-refractivity contribution in [2.24, 2.45) is 11.7 Å². The van der Waals surface area contributed by atoms with Crippen LogP contribution in [0.2, 0.25) is 0 Å². The van der Waals surface area contributed by atoms with E-state index in [1.54, 1.807) is 11.3 Å². The van der Waals surface area contributed by atoms with Crippen molar-refractivity contribution in [2.45, 2.75) is 39.3 Å². The number of carbonyl (C=O) groups excluding carboxylic acids is 1. The number of nitrogens with two attached hydrogens (primary N) is 1. The number of hydrogen-bond donors (Lipinski definition) is 1. The van der Waals surface area contributed by atoms with Crippen molar-refractivity contribution in [2.75, 3.05) is 26.2 Å². The Morgan fingerprint density at radius 2 is 1.93 bits per heavy atom. The van der Waals surface area contributed by atoms with Crippen LogP contribution < -0.4 is 5.73 Å². The van der Waals surface area contributed by atoms with Crippen LogP contribution in [-0.2, 0) is 4.79 Å². The molecule has 1 amide bonds. The third-order valence-electron chi connectivity index (χ3n) is 4.76. The first-order chi connectivity index (χ1) is 12.5. The number of piperazine rings is 1. The predicted octanol–water partition coefficient (Wildman–Crippen LogP) is 3.22. The van der Waals surface area contributed by atoms with Crippen molar-refractivity contribution in [1.29, 1.82) is 0 Å². The Balaban J connectivity index is 0.00000196. The fourth-order valence-corrected chi connectivity index (χ4v) is 3.89. The molecule has 1 aliphatic heterocycles. The minimum Gasteiger partial charge on any atom is -0.339 e. The molecule has 7 nitrogen and oxygen atoms in total. The van der Waals surface area contributed by atoms with Crippen LogP contribution in [0.25, 0.3) is 10.7 Å². The maximum atomic E-state index is 12.5. The van der Waals surface area contributed by atoms with Gasteiger partial charge in [0, 0.05) is 26.2 Å². The molecule has 2 atom stereocenters. The van der Waals surface area contributed by atoms with E-state index in [1.807, 2.05) is 22.4 Å². The Hall–Kier alpha value is -1.19. The molecule has 2 aromatic heterocycles. The third-order valence-corrected chi connectivity index (χ3v) is 5.62. The second-order valence-electron chi connectivity index (χ2n) is 7.21. The molecule has 28 heavy (non-hydrogen) atoms. The number of rotatable bonds is 6. The van der Waals surface area contributed by atoms with E-state index in [1.165, 1.54) is 0 Å². The molecular formula is C18H29Cl2N5O2S. The molecule has 2 aromatic rings. The first-order valence-corrected chi connectivity index (χ1v) is 9.99. The number of hydrogen-bond acceptors (Lipinski definition) is 7. The zero-order chi connectivity index (χ0) is 18.7. The van der Waals surface area contributed by atoms with E-state index in [2.05, 4.69) is 35.8 Å². The molecule has 0 radical (unpaired) electrons. The van der Waals surface area contributed by atoms with Gasteiger partial charge >= 0.3 is 0 Å². The fourth-order valence-electron chi connectivity index (χ4n) is 3.24. The van der Waals surface area contributed by atoms with Crippen LogP contribution in [0.4, 0.5) is 0 Å². The van der Waals surface area contributed by atoms with Gasteiger partial charge in [0.15, 0.2) is 0 Å². The van der Waals surface area contributed by atoms with Gasteiger partial charge in [-0.1, -0.05) is 25.1 Å². The topological polar surface area (TPSA) is 88.5 Å². The van der Waals surface area contributed by atoms with Crippen molar-refractivity contribution in [3.8, 4) is 10.7 Å². The summed E-state index contributed by atoms with van der Waals surface area (Å²) in [6.45, 7) is 9.15. The normalized spacial score (nSPS) is 17.0. The zero-order valence-corrected chi connectivity index (χ0v) is 18.9. The smallest absolute Gasteiger partial charge is 0.244 e. The first kappa shape index (κ1) is 24.8. The summed E-state index contributed by atoms with van der Waals surface area (Å²) in [6, 6.07) is 3.58. The number of aromatic nitrogens is 2. The van der Waals surface area contributed by atoms with Gasteiger partial charge in [-0.15, -0.1) is 36.2 Å². The molecule has 0 aliphatic carbocycles. The van der Waals surface area contributed by atoms with E-state index in [9.17, 15) is 4.79 Å². The van der Waals surface area contributed by atoms with Gasteiger partial charge in [0.2, 0.25) is 17.6 Å². The summed E-state index contributed by atoms with van der Waals surface area (Å²) in [5.41, 5.74) is 6.05. The standard InChI is InChI=1S/C18H27N5O2S.2ClH/c1-12(2)11-14(19)18(24)23-8-6-22(7-9-23)13(3)17-20-16(21-25-17)15-5-4-10-26-15;;/h4-5,10,12-14H,6-9,11,19H2,1-3H3;2*1H/t13?,14-;;/m0../s1. The Labute approximate surface area is 182 Å². The fraction of sp³-hybridized carbons (Fsp3) is 0.611. The lowest BCUT2D eigenvalue weighted by molar-refractivity contribution is -0.135. The van der Waals surface area contributed by atoms with Gasteiger partial charge in [-0.05, 0) is 30.7 Å². The molecule has 0 saturated carbocycles. The molecule has 3 rings (SSSR count). The molecule has 10 heteroatoms. The van der Waals surface area contributed by atoms with Crippen LogP contribution >= 0.6 is 36.2 Å². The summed E-state index contributed by atoms with van der Waals surface area (Å²) in [6.07, 6.45) is 0.725. The summed E-state index contributed by atoms with van der Waals surface area (Å²) in [7, 11) is 0. The van der Waals surface area contributed by atoms with Crippen molar-refractivity contribution in [1.82, 2.24) is 19.9 Å². The Morgan fingerprint density at radius 3 is 2.50 bits per heavy atom. The number of amides is 1. The molecule has 2 N–H and O–H groups in total. The third kappa shape index (κ3) is 5.90. The van der Waals surface area contributed by atoms with Gasteiger partial charge in [0.05, 0.1) is 17.0 Å². The molecule has 3 heterocycles. The van der Waals surface area contributed by atoms with Gasteiger partial charge in [0.1, 0.15) is 0 Å². The molecular weight excluding hydrogens is 421 g/mol. The minimum absolute atomic E-state index is 0. The molecule has 1 aliphatic rings. The van der Waals surface area contributed by atoms with Crippen LogP contribution in [0.3, 0.4) is 0 Å². The summed E-state index contributed by atoms with van der Waals surface area (Å²) < 4.78 is 5.46. The lowest BCUT2D eigenvalue weighted by Crippen LogP contribution is -2.53. The van der Waals surface area contributed by atoms with Crippen molar-refractivity contribution < 1.29 is 9.32 Å². The number of nitrogens with zero attached hydrogens (tertiary/aromatic N) is 4. The predicted molar refractivity (Wildman–Crippen MR) is 116 cm³/mol. The molecule has 1 unspecified atom stereocenters. The van der Waals surface area contributed by atoms with Crippen LogP contribution in [0.1, 0.15) is 39.1 Å². The maximum Gasteiger partial charge on any atom is 0.244 e. The lowest BCUT2D eigenvalue weighted by atomic mass is 10.0. The highest BCUT2D eigenvalue weighted by Gasteiger charge is 2.29.